The fourth-order valence-corrected chi connectivity index (χ4v) is 3.21. The lowest BCUT2D eigenvalue weighted by Crippen LogP contribution is -2.33. The molecule has 1 aromatic heterocycles. The lowest BCUT2D eigenvalue weighted by atomic mass is 10.0. The molecule has 0 radical (unpaired) electrons. The van der Waals surface area contributed by atoms with Crippen molar-refractivity contribution in [1.82, 2.24) is 15.1 Å². The Hall–Kier alpha value is -2.88. The van der Waals surface area contributed by atoms with Gasteiger partial charge in [-0.25, -0.2) is 4.68 Å². The van der Waals surface area contributed by atoms with Crippen LogP contribution in [0, 0.1) is 27.7 Å². The quantitative estimate of drug-likeness (QED) is 0.658. The van der Waals surface area contributed by atoms with Gasteiger partial charge in [0.25, 0.3) is 5.91 Å². The van der Waals surface area contributed by atoms with Crippen molar-refractivity contribution in [2.24, 2.45) is 0 Å². The molecule has 0 aliphatic heterocycles. The molecule has 1 heterocycles. The van der Waals surface area contributed by atoms with E-state index in [0.29, 0.717) is 5.69 Å². The summed E-state index contributed by atoms with van der Waals surface area (Å²) in [4.78, 5) is 13.0. The average molecular weight is 376 g/mol. The molecule has 146 valence electrons. The Labute approximate surface area is 167 Å². The molecule has 1 atom stereocenters. The molecular weight excluding hydrogens is 346 g/mol. The highest BCUT2D eigenvalue weighted by molar-refractivity contribution is 5.94. The Kier molecular flexibility index (Phi) is 5.68. The van der Waals surface area contributed by atoms with Gasteiger partial charge in [0.15, 0.2) is 0 Å². The third-order valence-electron chi connectivity index (χ3n) is 5.32. The molecule has 0 fully saturated rings. The number of nitrogens with one attached hydrogen (secondary N) is 1. The van der Waals surface area contributed by atoms with Crippen molar-refractivity contribution in [3.05, 3.63) is 70.4 Å². The van der Waals surface area contributed by atoms with Crippen LogP contribution in [-0.4, -0.2) is 21.7 Å². The van der Waals surface area contributed by atoms with E-state index in [1.165, 1.54) is 16.7 Å². The van der Waals surface area contributed by atoms with Crippen molar-refractivity contribution in [2.45, 2.75) is 54.0 Å². The number of aryl methyl sites for hydroxylation is 4. The van der Waals surface area contributed by atoms with Crippen molar-refractivity contribution < 1.29 is 4.79 Å². The summed E-state index contributed by atoms with van der Waals surface area (Å²) >= 11 is 0. The van der Waals surface area contributed by atoms with E-state index in [2.05, 4.69) is 70.3 Å². The Bertz CT molecular complexity index is 1020. The molecule has 0 saturated heterocycles. The molecule has 0 aliphatic carbocycles. The van der Waals surface area contributed by atoms with Gasteiger partial charge in [-0.3, -0.25) is 4.79 Å². The van der Waals surface area contributed by atoms with Gasteiger partial charge in [-0.2, -0.15) is 5.10 Å². The molecule has 0 aliphatic rings. The molecule has 1 N–H and O–H groups in total. The zero-order chi connectivity index (χ0) is 20.4. The summed E-state index contributed by atoms with van der Waals surface area (Å²) < 4.78 is 1.77. The normalized spacial score (nSPS) is 12.1. The van der Waals surface area contributed by atoms with Gasteiger partial charge in [-0.05, 0) is 75.9 Å². The van der Waals surface area contributed by atoms with Crippen LogP contribution in [0.15, 0.2) is 42.5 Å². The van der Waals surface area contributed by atoms with Crippen LogP contribution in [0.1, 0.15) is 53.0 Å². The van der Waals surface area contributed by atoms with Gasteiger partial charge in [0.05, 0.1) is 11.4 Å². The summed E-state index contributed by atoms with van der Waals surface area (Å²) in [6, 6.07) is 14.5. The van der Waals surface area contributed by atoms with E-state index in [-0.39, 0.29) is 11.9 Å². The number of hydrogen-bond donors (Lipinski definition) is 1. The fraction of sp³-hybridized carbons (Fsp3) is 0.333. The van der Waals surface area contributed by atoms with E-state index in [4.69, 9.17) is 5.10 Å². The minimum Gasteiger partial charge on any atom is -0.348 e. The van der Waals surface area contributed by atoms with E-state index in [1.807, 2.05) is 19.1 Å². The molecule has 4 nitrogen and oxygen atoms in total. The first-order valence-corrected chi connectivity index (χ1v) is 9.86. The zero-order valence-electron chi connectivity index (χ0n) is 17.6. The van der Waals surface area contributed by atoms with Gasteiger partial charge in [0, 0.05) is 11.6 Å². The van der Waals surface area contributed by atoms with Gasteiger partial charge in [0.2, 0.25) is 0 Å². The molecule has 0 unspecified atom stereocenters. The molecule has 2 aromatic carbocycles. The smallest absolute Gasteiger partial charge is 0.270 e. The fourth-order valence-electron chi connectivity index (χ4n) is 3.21. The molecule has 28 heavy (non-hydrogen) atoms. The molecule has 3 aromatic rings. The van der Waals surface area contributed by atoms with E-state index >= 15 is 0 Å². The summed E-state index contributed by atoms with van der Waals surface area (Å²) in [5, 5.41) is 7.89. The molecule has 1 amide bonds. The molecule has 0 bridgehead atoms. The Morgan fingerprint density at radius 1 is 1.00 bits per heavy atom. The minimum atomic E-state index is -0.100. The van der Waals surface area contributed by atoms with Crippen LogP contribution in [0.3, 0.4) is 0 Å². The van der Waals surface area contributed by atoms with Crippen molar-refractivity contribution in [3.63, 3.8) is 0 Å². The van der Waals surface area contributed by atoms with Crippen LogP contribution < -0.4 is 5.32 Å². The maximum absolute atomic E-state index is 13.0. The van der Waals surface area contributed by atoms with Gasteiger partial charge in [-0.15, -0.1) is 0 Å². The maximum atomic E-state index is 13.0. The SMILES string of the molecule is CC[C@H](C)NC(=O)c1cc(-c2ccc(C)c(C)c2)nn1-c1ccc(C)cc1C. The Balaban J connectivity index is 2.14. The van der Waals surface area contributed by atoms with Crippen LogP contribution in [0.25, 0.3) is 16.9 Å². The van der Waals surface area contributed by atoms with E-state index in [1.54, 1.807) is 4.68 Å². The predicted molar refractivity (Wildman–Crippen MR) is 115 cm³/mol. The van der Waals surface area contributed by atoms with E-state index in [9.17, 15) is 4.79 Å². The summed E-state index contributed by atoms with van der Waals surface area (Å²) in [7, 11) is 0. The number of aromatic nitrogens is 2. The Morgan fingerprint density at radius 3 is 2.39 bits per heavy atom. The predicted octanol–water partition coefficient (Wildman–Crippen LogP) is 5.30. The molecule has 0 spiro atoms. The van der Waals surface area contributed by atoms with Crippen molar-refractivity contribution in [1.29, 1.82) is 0 Å². The number of hydrogen-bond acceptors (Lipinski definition) is 2. The van der Waals surface area contributed by atoms with Crippen LogP contribution in [0.2, 0.25) is 0 Å². The van der Waals surface area contributed by atoms with Crippen LogP contribution >= 0.6 is 0 Å². The summed E-state index contributed by atoms with van der Waals surface area (Å²) in [5.74, 6) is -0.100. The van der Waals surface area contributed by atoms with E-state index < -0.39 is 0 Å². The van der Waals surface area contributed by atoms with Crippen LogP contribution in [-0.2, 0) is 0 Å². The molecule has 4 heteroatoms. The third-order valence-corrected chi connectivity index (χ3v) is 5.32. The molecular formula is C24H29N3O. The largest absolute Gasteiger partial charge is 0.348 e. The highest BCUT2D eigenvalue weighted by Crippen LogP contribution is 2.25. The highest BCUT2D eigenvalue weighted by atomic mass is 16.2. The monoisotopic (exact) mass is 375 g/mol. The van der Waals surface area contributed by atoms with Crippen LogP contribution in [0.4, 0.5) is 0 Å². The molecule has 0 saturated carbocycles. The Morgan fingerprint density at radius 2 is 1.75 bits per heavy atom. The number of amides is 1. The van der Waals surface area contributed by atoms with Gasteiger partial charge >= 0.3 is 0 Å². The van der Waals surface area contributed by atoms with Gasteiger partial charge in [-0.1, -0.05) is 36.8 Å². The number of nitrogens with zero attached hydrogens (tertiary/aromatic N) is 2. The maximum Gasteiger partial charge on any atom is 0.270 e. The standard InChI is InChI=1S/C24H29N3O/c1-7-19(6)25-24(28)23-14-21(20-10-9-16(3)17(4)13-20)26-27(23)22-11-8-15(2)12-18(22)5/h8-14,19H,7H2,1-6H3,(H,25,28)/t19-/m0/s1. The van der Waals surface area contributed by atoms with Crippen LogP contribution in [0.5, 0.6) is 0 Å². The van der Waals surface area contributed by atoms with Crippen molar-refractivity contribution in [3.8, 4) is 16.9 Å². The van der Waals surface area contributed by atoms with Gasteiger partial charge < -0.3 is 5.32 Å². The number of benzene rings is 2. The number of carbonyl (C=O) groups is 1. The third kappa shape index (κ3) is 4.01. The topological polar surface area (TPSA) is 46.9 Å². The zero-order valence-corrected chi connectivity index (χ0v) is 17.6. The molecule has 3 rings (SSSR count). The summed E-state index contributed by atoms with van der Waals surface area (Å²) in [5.41, 5.74) is 8.04. The number of carbonyl (C=O) groups excluding carboxylic acids is 1. The highest BCUT2D eigenvalue weighted by Gasteiger charge is 2.20. The first kappa shape index (κ1) is 19.9. The second kappa shape index (κ2) is 8.01. The van der Waals surface area contributed by atoms with E-state index in [0.717, 1.165) is 28.9 Å². The first-order chi connectivity index (χ1) is 13.3. The summed E-state index contributed by atoms with van der Waals surface area (Å²) in [6.45, 7) is 12.4. The second-order valence-electron chi connectivity index (χ2n) is 7.70. The first-order valence-electron chi connectivity index (χ1n) is 9.86. The van der Waals surface area contributed by atoms with Crippen molar-refractivity contribution in [2.75, 3.05) is 0 Å². The van der Waals surface area contributed by atoms with Gasteiger partial charge in [0.1, 0.15) is 5.69 Å². The number of rotatable bonds is 5. The average Bonchev–Trinajstić information content (AvgIpc) is 3.09. The minimum absolute atomic E-state index is 0.100. The lowest BCUT2D eigenvalue weighted by molar-refractivity contribution is 0.0931. The lowest BCUT2D eigenvalue weighted by Gasteiger charge is -2.14. The van der Waals surface area contributed by atoms with Crippen molar-refractivity contribution >= 4 is 5.91 Å². The summed E-state index contributed by atoms with van der Waals surface area (Å²) in [6.07, 6.45) is 0.882. The second-order valence-corrected chi connectivity index (χ2v) is 7.70.